The molecule has 1 amide bonds. The summed E-state index contributed by atoms with van der Waals surface area (Å²) >= 11 is 0. The van der Waals surface area contributed by atoms with Crippen LogP contribution < -0.4 is 20.1 Å². The summed E-state index contributed by atoms with van der Waals surface area (Å²) in [4.78, 5) is 30.2. The number of aromatic nitrogens is 4. The third kappa shape index (κ3) is 8.74. The van der Waals surface area contributed by atoms with E-state index in [4.69, 9.17) is 19.4 Å². The Balaban J connectivity index is 1.19. The van der Waals surface area contributed by atoms with Crippen molar-refractivity contribution in [2.75, 3.05) is 56.0 Å². The number of piperidine rings is 1. The summed E-state index contributed by atoms with van der Waals surface area (Å²) in [5.74, 6) is -0.909. The molecule has 1 aliphatic rings. The summed E-state index contributed by atoms with van der Waals surface area (Å²) in [6.45, 7) is 6.29. The van der Waals surface area contributed by atoms with E-state index < -0.39 is 33.1 Å². The van der Waals surface area contributed by atoms with Gasteiger partial charge in [0.15, 0.2) is 0 Å². The molecule has 4 heterocycles. The van der Waals surface area contributed by atoms with Gasteiger partial charge >= 0.3 is 0 Å². The minimum atomic E-state index is -3.01. The Hall–Kier alpha value is -5.93. The van der Waals surface area contributed by atoms with Crippen molar-refractivity contribution in [2.24, 2.45) is 0 Å². The van der Waals surface area contributed by atoms with Crippen LogP contribution in [0.15, 0.2) is 85.2 Å². The molecule has 7 rings (SSSR count). The largest absolute Gasteiger partial charge is 0.495 e. The van der Waals surface area contributed by atoms with Crippen LogP contribution in [-0.4, -0.2) is 83.9 Å². The molecule has 296 valence electrons. The molecule has 0 radical (unpaired) electrons. The molecule has 0 aliphatic carbocycles. The minimum Gasteiger partial charge on any atom is -0.495 e. The molecule has 1 aliphatic heterocycles. The maximum atomic E-state index is 14.5. The molecular weight excluding hydrogens is 753 g/mol. The minimum absolute atomic E-state index is 0.0634. The molecule has 0 atom stereocenters. The molecule has 2 N–H and O–H groups in total. The van der Waals surface area contributed by atoms with Crippen LogP contribution in [0.5, 0.6) is 11.5 Å². The topological polar surface area (TPSA) is 140 Å². The SMILES string of the molecule is CCOc1ccc(-c2nc3ccccn3c2-c2ccnc(Nc3cc(C)c(C4CCN(CCS(C)(=O)=O)CC4)cc3OC)n2)cc1C(=O)Nc1c(F)cccc1F. The molecule has 0 saturated carbocycles. The van der Waals surface area contributed by atoms with Crippen molar-refractivity contribution in [1.29, 1.82) is 0 Å². The van der Waals surface area contributed by atoms with E-state index in [9.17, 15) is 22.0 Å². The zero-order valence-corrected chi connectivity index (χ0v) is 32.9. The number of halogens is 2. The third-order valence-corrected chi connectivity index (χ3v) is 11.0. The van der Waals surface area contributed by atoms with Gasteiger partial charge in [0.25, 0.3) is 5.91 Å². The van der Waals surface area contributed by atoms with Crippen LogP contribution in [0, 0.1) is 18.6 Å². The molecule has 1 saturated heterocycles. The van der Waals surface area contributed by atoms with Crippen molar-refractivity contribution in [2.45, 2.75) is 32.6 Å². The molecule has 12 nitrogen and oxygen atoms in total. The molecular formula is C42H43F2N7O5S. The lowest BCUT2D eigenvalue weighted by Crippen LogP contribution is -2.36. The highest BCUT2D eigenvalue weighted by Gasteiger charge is 2.25. The van der Waals surface area contributed by atoms with Crippen LogP contribution >= 0.6 is 0 Å². The normalized spacial score (nSPS) is 13.8. The van der Waals surface area contributed by atoms with Crippen LogP contribution in [0.1, 0.15) is 47.2 Å². The number of hydrogen-bond donors (Lipinski definition) is 2. The maximum Gasteiger partial charge on any atom is 0.259 e. The monoisotopic (exact) mass is 795 g/mol. The number of carbonyl (C=O) groups excluding carboxylic acids is 1. The molecule has 3 aromatic heterocycles. The van der Waals surface area contributed by atoms with Gasteiger partial charge in [-0.1, -0.05) is 12.1 Å². The fourth-order valence-electron chi connectivity index (χ4n) is 7.22. The number of aryl methyl sites for hydroxylation is 1. The fourth-order valence-corrected chi connectivity index (χ4v) is 7.81. The third-order valence-electron chi connectivity index (χ3n) is 10.1. The highest BCUT2D eigenvalue weighted by atomic mass is 32.2. The average molecular weight is 796 g/mol. The Kier molecular flexibility index (Phi) is 11.5. The quantitative estimate of drug-likeness (QED) is 0.120. The van der Waals surface area contributed by atoms with Gasteiger partial charge in [-0.05, 0) is 117 Å². The number of anilines is 3. The standard InChI is InChI=1S/C42H43F2N7O5S/c1-5-56-35-13-12-28(24-30(35)41(52)49-39-31(43)9-8-10-32(39)44)38-40(51-18-7-6-11-37(51)48-38)33-14-17-45-42(46-33)47-34-23-26(2)29(25-36(34)55-3)27-15-19-50(20-16-27)21-22-57(4,53)54/h6-14,17-18,23-25,27H,5,15-16,19-22H2,1-4H3,(H,49,52)(H,45,46,47). The summed E-state index contributed by atoms with van der Waals surface area (Å²) in [6.07, 6.45) is 6.61. The molecule has 0 unspecified atom stereocenters. The molecule has 1 fully saturated rings. The second-order valence-electron chi connectivity index (χ2n) is 14.0. The first-order valence-corrected chi connectivity index (χ1v) is 20.7. The number of pyridine rings is 1. The number of imidazole rings is 1. The van der Waals surface area contributed by atoms with Crippen molar-refractivity contribution in [3.63, 3.8) is 0 Å². The lowest BCUT2D eigenvalue weighted by Gasteiger charge is -2.33. The number of para-hydroxylation sites is 1. The number of hydrogen-bond acceptors (Lipinski definition) is 10. The number of sulfone groups is 1. The lowest BCUT2D eigenvalue weighted by molar-refractivity contribution is 0.102. The number of nitrogens with zero attached hydrogens (tertiary/aromatic N) is 5. The number of rotatable bonds is 13. The molecule has 0 spiro atoms. The number of carbonyl (C=O) groups is 1. The van der Waals surface area contributed by atoms with Crippen LogP contribution in [0.2, 0.25) is 0 Å². The van der Waals surface area contributed by atoms with Crippen molar-refractivity contribution in [1.82, 2.24) is 24.3 Å². The first-order valence-electron chi connectivity index (χ1n) is 18.6. The number of nitrogens with one attached hydrogen (secondary N) is 2. The van der Waals surface area contributed by atoms with Crippen LogP contribution in [-0.2, 0) is 9.84 Å². The van der Waals surface area contributed by atoms with E-state index in [-0.39, 0.29) is 23.7 Å². The van der Waals surface area contributed by atoms with E-state index in [1.54, 1.807) is 44.5 Å². The molecule has 6 aromatic rings. The van der Waals surface area contributed by atoms with E-state index in [0.29, 0.717) is 58.1 Å². The Morgan fingerprint density at radius 3 is 2.46 bits per heavy atom. The van der Waals surface area contributed by atoms with Gasteiger partial charge in [-0.25, -0.2) is 32.2 Å². The van der Waals surface area contributed by atoms with Gasteiger partial charge in [0.1, 0.15) is 44.3 Å². The summed E-state index contributed by atoms with van der Waals surface area (Å²) in [5.41, 5.74) is 5.28. The van der Waals surface area contributed by atoms with E-state index >= 15 is 0 Å². The second kappa shape index (κ2) is 16.7. The smallest absolute Gasteiger partial charge is 0.259 e. The summed E-state index contributed by atoms with van der Waals surface area (Å²) < 4.78 is 65.9. The summed E-state index contributed by atoms with van der Waals surface area (Å²) in [6, 6.07) is 19.8. The number of benzene rings is 3. The zero-order chi connectivity index (χ0) is 40.3. The molecule has 57 heavy (non-hydrogen) atoms. The van der Waals surface area contributed by atoms with Gasteiger partial charge in [0.05, 0.1) is 47.8 Å². The zero-order valence-electron chi connectivity index (χ0n) is 32.1. The Morgan fingerprint density at radius 2 is 1.74 bits per heavy atom. The van der Waals surface area contributed by atoms with Gasteiger partial charge in [0.2, 0.25) is 5.95 Å². The molecule has 15 heteroatoms. The number of methoxy groups -OCH3 is 1. The summed E-state index contributed by atoms with van der Waals surface area (Å²) in [5, 5.41) is 5.71. The van der Waals surface area contributed by atoms with Crippen molar-refractivity contribution >= 4 is 38.7 Å². The number of ether oxygens (including phenoxy) is 2. The first kappa shape index (κ1) is 39.3. The van der Waals surface area contributed by atoms with Crippen molar-refractivity contribution in [3.8, 4) is 34.1 Å². The Morgan fingerprint density at radius 1 is 0.965 bits per heavy atom. The van der Waals surface area contributed by atoms with Crippen LogP contribution in [0.4, 0.5) is 26.1 Å². The molecule has 3 aromatic carbocycles. The maximum absolute atomic E-state index is 14.5. The Labute approximate surface area is 329 Å². The highest BCUT2D eigenvalue weighted by molar-refractivity contribution is 7.90. The van der Waals surface area contributed by atoms with Gasteiger partial charge < -0.3 is 25.0 Å². The highest BCUT2D eigenvalue weighted by Crippen LogP contribution is 2.39. The molecule has 0 bridgehead atoms. The second-order valence-corrected chi connectivity index (χ2v) is 16.2. The van der Waals surface area contributed by atoms with Gasteiger partial charge in [0, 0.05) is 30.8 Å². The van der Waals surface area contributed by atoms with Crippen molar-refractivity contribution < 1.29 is 31.5 Å². The predicted molar refractivity (Wildman–Crippen MR) is 216 cm³/mol. The lowest BCUT2D eigenvalue weighted by atomic mass is 9.86. The van der Waals surface area contributed by atoms with Crippen molar-refractivity contribution in [3.05, 3.63) is 114 Å². The first-order chi connectivity index (χ1) is 27.4. The van der Waals surface area contributed by atoms with Gasteiger partial charge in [-0.2, -0.15) is 0 Å². The van der Waals surface area contributed by atoms with E-state index in [0.717, 1.165) is 43.6 Å². The fraction of sp³-hybridized carbons (Fsp3) is 0.286. The average Bonchev–Trinajstić information content (AvgIpc) is 3.59. The summed E-state index contributed by atoms with van der Waals surface area (Å²) in [7, 11) is -1.39. The number of amides is 1. The van der Waals surface area contributed by atoms with E-state index in [1.165, 1.54) is 17.9 Å². The number of fused-ring (bicyclic) bond motifs is 1. The van der Waals surface area contributed by atoms with E-state index in [1.807, 2.05) is 34.9 Å². The number of likely N-dealkylation sites (tertiary alicyclic amines) is 1. The predicted octanol–water partition coefficient (Wildman–Crippen LogP) is 7.67. The Bertz CT molecular complexity index is 2540. The van der Waals surface area contributed by atoms with Crippen LogP contribution in [0.25, 0.3) is 28.3 Å². The van der Waals surface area contributed by atoms with Crippen LogP contribution in [0.3, 0.4) is 0 Å². The van der Waals surface area contributed by atoms with Gasteiger partial charge in [-0.15, -0.1) is 0 Å². The van der Waals surface area contributed by atoms with Gasteiger partial charge in [-0.3, -0.25) is 9.20 Å². The van der Waals surface area contributed by atoms with E-state index in [2.05, 4.69) is 33.5 Å².